The molecule has 3 nitrogen and oxygen atoms in total. The summed E-state index contributed by atoms with van der Waals surface area (Å²) in [4.78, 5) is 7.12. The molecular formula is C24H25F4N3. The SMILES string of the molecule is CC1CCc2cc(F)cc3nc(CN4CCC(c5ccc(C(F)(F)F)cc5)CC4)n1c23. The fourth-order valence-corrected chi connectivity index (χ4v) is 5.16. The highest BCUT2D eigenvalue weighted by Gasteiger charge is 2.31. The van der Waals surface area contributed by atoms with E-state index >= 15 is 0 Å². The molecule has 0 spiro atoms. The largest absolute Gasteiger partial charge is 0.416 e. The number of likely N-dealkylation sites (tertiary alicyclic amines) is 1. The van der Waals surface area contributed by atoms with Gasteiger partial charge in [0, 0.05) is 12.1 Å². The molecule has 3 aromatic rings. The maximum absolute atomic E-state index is 14.0. The van der Waals surface area contributed by atoms with E-state index in [1.165, 1.54) is 18.2 Å². The number of aromatic nitrogens is 2. The van der Waals surface area contributed by atoms with Crippen molar-refractivity contribution in [1.29, 1.82) is 0 Å². The van der Waals surface area contributed by atoms with Crippen molar-refractivity contribution >= 4 is 11.0 Å². The number of imidazole rings is 1. The smallest absolute Gasteiger partial charge is 0.324 e. The Morgan fingerprint density at radius 1 is 1.03 bits per heavy atom. The van der Waals surface area contributed by atoms with E-state index in [0.29, 0.717) is 12.6 Å². The van der Waals surface area contributed by atoms with Gasteiger partial charge in [-0.05, 0) is 80.9 Å². The van der Waals surface area contributed by atoms with Crippen LogP contribution in [0, 0.1) is 5.82 Å². The zero-order valence-corrected chi connectivity index (χ0v) is 17.4. The maximum Gasteiger partial charge on any atom is 0.416 e. The van der Waals surface area contributed by atoms with Crippen LogP contribution in [0.15, 0.2) is 36.4 Å². The predicted octanol–water partition coefficient (Wildman–Crippen LogP) is 6.08. The number of alkyl halides is 3. The average molecular weight is 431 g/mol. The zero-order valence-electron chi connectivity index (χ0n) is 17.4. The van der Waals surface area contributed by atoms with Crippen LogP contribution < -0.4 is 0 Å². The lowest BCUT2D eigenvalue weighted by Crippen LogP contribution is -2.33. The van der Waals surface area contributed by atoms with E-state index in [1.54, 1.807) is 18.2 Å². The lowest BCUT2D eigenvalue weighted by Gasteiger charge is -2.33. The van der Waals surface area contributed by atoms with Crippen LogP contribution in [-0.2, 0) is 19.1 Å². The summed E-state index contributed by atoms with van der Waals surface area (Å²) in [5, 5.41) is 0. The van der Waals surface area contributed by atoms with Crippen molar-refractivity contribution in [3.8, 4) is 0 Å². The van der Waals surface area contributed by atoms with E-state index in [0.717, 1.165) is 66.8 Å². The normalized spacial score (nSPS) is 20.5. The fraction of sp³-hybridized carbons (Fsp3) is 0.458. The van der Waals surface area contributed by atoms with Gasteiger partial charge in [0.1, 0.15) is 11.6 Å². The molecule has 0 amide bonds. The standard InChI is InChI=1S/C24H25F4N3/c1-15-2-3-18-12-20(25)13-21-23(18)31(15)22(29-21)14-30-10-8-17(9-11-30)16-4-6-19(7-5-16)24(26,27)28/h4-7,12-13,15,17H,2-3,8-11,14H2,1H3. The van der Waals surface area contributed by atoms with Crippen LogP contribution >= 0.6 is 0 Å². The number of hydrogen-bond acceptors (Lipinski definition) is 2. The third-order valence-electron chi connectivity index (χ3n) is 6.84. The lowest BCUT2D eigenvalue weighted by atomic mass is 9.89. The molecule has 2 aliphatic rings. The van der Waals surface area contributed by atoms with Gasteiger partial charge in [0.2, 0.25) is 0 Å². The van der Waals surface area contributed by atoms with Gasteiger partial charge in [-0.15, -0.1) is 0 Å². The number of halogens is 4. The minimum absolute atomic E-state index is 0.231. The van der Waals surface area contributed by atoms with Crippen molar-refractivity contribution in [2.75, 3.05) is 13.1 Å². The molecule has 1 aromatic heterocycles. The molecule has 3 heterocycles. The van der Waals surface area contributed by atoms with Crippen molar-refractivity contribution in [1.82, 2.24) is 14.5 Å². The molecule has 5 rings (SSSR count). The van der Waals surface area contributed by atoms with Crippen LogP contribution in [0.2, 0.25) is 0 Å². The first-order valence-corrected chi connectivity index (χ1v) is 10.9. The summed E-state index contributed by atoms with van der Waals surface area (Å²) in [6.07, 6.45) is -0.637. The molecule has 0 bridgehead atoms. The molecule has 7 heteroatoms. The molecule has 164 valence electrons. The number of hydrogen-bond donors (Lipinski definition) is 0. The third kappa shape index (κ3) is 3.84. The summed E-state index contributed by atoms with van der Waals surface area (Å²) in [6, 6.07) is 9.09. The van der Waals surface area contributed by atoms with Crippen LogP contribution in [0.5, 0.6) is 0 Å². The molecule has 1 saturated heterocycles. The number of benzene rings is 2. The van der Waals surface area contributed by atoms with E-state index in [-0.39, 0.29) is 11.7 Å². The van der Waals surface area contributed by atoms with Gasteiger partial charge in [0.25, 0.3) is 0 Å². The number of piperidine rings is 1. The number of rotatable bonds is 3. The van der Waals surface area contributed by atoms with Crippen LogP contribution in [0.4, 0.5) is 17.6 Å². The first-order valence-electron chi connectivity index (χ1n) is 10.9. The topological polar surface area (TPSA) is 21.1 Å². The highest BCUT2D eigenvalue weighted by molar-refractivity contribution is 5.80. The third-order valence-corrected chi connectivity index (χ3v) is 6.84. The Morgan fingerprint density at radius 3 is 2.42 bits per heavy atom. The van der Waals surface area contributed by atoms with Crippen LogP contribution in [-0.4, -0.2) is 27.5 Å². The Kier molecular flexibility index (Phi) is 5.04. The van der Waals surface area contributed by atoms with Crippen molar-refractivity contribution in [2.24, 2.45) is 0 Å². The summed E-state index contributed by atoms with van der Waals surface area (Å²) in [5.41, 5.74) is 3.21. The molecule has 0 radical (unpaired) electrons. The van der Waals surface area contributed by atoms with Crippen LogP contribution in [0.25, 0.3) is 11.0 Å². The van der Waals surface area contributed by atoms with E-state index < -0.39 is 11.7 Å². The summed E-state index contributed by atoms with van der Waals surface area (Å²) in [6.45, 7) is 4.63. The van der Waals surface area contributed by atoms with E-state index in [2.05, 4.69) is 16.4 Å². The predicted molar refractivity (Wildman–Crippen MR) is 111 cm³/mol. The number of aryl methyl sites for hydroxylation is 1. The molecular weight excluding hydrogens is 406 g/mol. The quantitative estimate of drug-likeness (QED) is 0.469. The highest BCUT2D eigenvalue weighted by Crippen LogP contribution is 2.35. The van der Waals surface area contributed by atoms with Crippen molar-refractivity contribution in [2.45, 2.75) is 57.3 Å². The van der Waals surface area contributed by atoms with E-state index in [4.69, 9.17) is 4.98 Å². The van der Waals surface area contributed by atoms with Gasteiger partial charge < -0.3 is 4.57 Å². The second kappa shape index (κ2) is 7.62. The summed E-state index contributed by atoms with van der Waals surface area (Å²) < 4.78 is 54.7. The molecule has 1 atom stereocenters. The Balaban J connectivity index is 1.30. The molecule has 0 aliphatic carbocycles. The fourth-order valence-electron chi connectivity index (χ4n) is 5.16. The molecule has 1 fully saturated rings. The Morgan fingerprint density at radius 2 is 1.74 bits per heavy atom. The maximum atomic E-state index is 14.0. The van der Waals surface area contributed by atoms with E-state index in [1.807, 2.05) is 0 Å². The van der Waals surface area contributed by atoms with Gasteiger partial charge in [-0.1, -0.05) is 12.1 Å². The Bertz CT molecular complexity index is 1090. The van der Waals surface area contributed by atoms with Gasteiger partial charge in [0.05, 0.1) is 23.1 Å². The second-order valence-electron chi connectivity index (χ2n) is 8.89. The number of nitrogens with zero attached hydrogens (tertiary/aromatic N) is 3. The summed E-state index contributed by atoms with van der Waals surface area (Å²) in [7, 11) is 0. The molecule has 31 heavy (non-hydrogen) atoms. The Hall–Kier alpha value is -2.41. The van der Waals surface area contributed by atoms with Crippen molar-refractivity contribution < 1.29 is 17.6 Å². The monoisotopic (exact) mass is 431 g/mol. The molecule has 0 saturated carbocycles. The van der Waals surface area contributed by atoms with Crippen LogP contribution in [0.1, 0.15) is 60.7 Å². The van der Waals surface area contributed by atoms with Crippen molar-refractivity contribution in [3.63, 3.8) is 0 Å². The van der Waals surface area contributed by atoms with E-state index in [9.17, 15) is 17.6 Å². The molecule has 0 N–H and O–H groups in total. The summed E-state index contributed by atoms with van der Waals surface area (Å²) in [5.74, 6) is 1.02. The van der Waals surface area contributed by atoms with Gasteiger partial charge in [-0.25, -0.2) is 9.37 Å². The lowest BCUT2D eigenvalue weighted by molar-refractivity contribution is -0.137. The van der Waals surface area contributed by atoms with Crippen LogP contribution in [0.3, 0.4) is 0 Å². The zero-order chi connectivity index (χ0) is 21.8. The highest BCUT2D eigenvalue weighted by atomic mass is 19.4. The van der Waals surface area contributed by atoms with Gasteiger partial charge >= 0.3 is 6.18 Å². The average Bonchev–Trinajstić information content (AvgIpc) is 3.09. The summed E-state index contributed by atoms with van der Waals surface area (Å²) >= 11 is 0. The van der Waals surface area contributed by atoms with Crippen molar-refractivity contribution in [3.05, 3.63) is 64.7 Å². The van der Waals surface area contributed by atoms with Gasteiger partial charge in [0.15, 0.2) is 0 Å². The minimum atomic E-state index is -4.30. The second-order valence-corrected chi connectivity index (χ2v) is 8.89. The first kappa shape index (κ1) is 20.5. The Labute approximate surface area is 178 Å². The van der Waals surface area contributed by atoms with Gasteiger partial charge in [-0.3, -0.25) is 4.90 Å². The molecule has 1 unspecified atom stereocenters. The molecule has 2 aromatic carbocycles. The minimum Gasteiger partial charge on any atom is -0.324 e. The first-order chi connectivity index (χ1) is 14.8. The molecule has 2 aliphatic heterocycles. The van der Waals surface area contributed by atoms with Gasteiger partial charge in [-0.2, -0.15) is 13.2 Å².